The Morgan fingerprint density at radius 3 is 2.79 bits per heavy atom. The lowest BCUT2D eigenvalue weighted by Gasteiger charge is -2.35. The van der Waals surface area contributed by atoms with Crippen LogP contribution in [0.15, 0.2) is 48.5 Å². The second-order valence-electron chi connectivity index (χ2n) is 8.15. The third kappa shape index (κ3) is 5.04. The van der Waals surface area contributed by atoms with Crippen LogP contribution in [0.5, 0.6) is 0 Å². The highest BCUT2D eigenvalue weighted by Crippen LogP contribution is 2.23. The fourth-order valence-electron chi connectivity index (χ4n) is 4.20. The predicted octanol–water partition coefficient (Wildman–Crippen LogP) is 3.86. The van der Waals surface area contributed by atoms with Gasteiger partial charge >= 0.3 is 0 Å². The number of nitrogens with zero attached hydrogens (tertiary/aromatic N) is 2. The fourth-order valence-corrected chi connectivity index (χ4v) is 4.20. The minimum Gasteiger partial charge on any atom is -0.379 e. The van der Waals surface area contributed by atoms with Crippen molar-refractivity contribution in [3.8, 4) is 0 Å². The molecule has 2 N–H and O–H groups in total. The van der Waals surface area contributed by atoms with E-state index in [9.17, 15) is 0 Å². The van der Waals surface area contributed by atoms with E-state index in [1.165, 1.54) is 22.2 Å². The van der Waals surface area contributed by atoms with Crippen molar-refractivity contribution in [1.29, 1.82) is 0 Å². The van der Waals surface area contributed by atoms with Gasteiger partial charge in [0.25, 0.3) is 0 Å². The summed E-state index contributed by atoms with van der Waals surface area (Å²) in [6.07, 6.45) is 2.08. The van der Waals surface area contributed by atoms with Gasteiger partial charge in [-0.2, -0.15) is 5.10 Å². The van der Waals surface area contributed by atoms with Gasteiger partial charge in [-0.05, 0) is 38.3 Å². The summed E-state index contributed by atoms with van der Waals surface area (Å²) in [5, 5.41) is 12.7. The number of nitrogens with one attached hydrogen (secondary N) is 2. The fraction of sp³-hybridized carbons (Fsp3) is 0.458. The number of hydrogen-bond acceptors (Lipinski definition) is 4. The van der Waals surface area contributed by atoms with Crippen LogP contribution in [-0.4, -0.2) is 54.0 Å². The first-order valence-electron chi connectivity index (χ1n) is 10.7. The normalized spacial score (nSPS) is 17.4. The molecule has 1 aliphatic rings. The second-order valence-corrected chi connectivity index (χ2v) is 8.15. The molecule has 1 saturated heterocycles. The molecule has 0 unspecified atom stereocenters. The highest BCUT2D eigenvalue weighted by molar-refractivity contribution is 5.81. The molecule has 0 spiro atoms. The summed E-state index contributed by atoms with van der Waals surface area (Å²) in [4.78, 5) is 2.56. The first-order chi connectivity index (χ1) is 14.2. The van der Waals surface area contributed by atoms with Crippen molar-refractivity contribution in [3.63, 3.8) is 0 Å². The smallest absolute Gasteiger partial charge is 0.0923 e. The summed E-state index contributed by atoms with van der Waals surface area (Å²) in [6.45, 7) is 9.04. The van der Waals surface area contributed by atoms with E-state index >= 15 is 0 Å². The third-order valence-electron chi connectivity index (χ3n) is 5.94. The number of para-hydroxylation sites is 1. The molecule has 5 heteroatoms. The lowest BCUT2D eigenvalue weighted by Crippen LogP contribution is -2.44. The number of morpholine rings is 1. The molecule has 29 heavy (non-hydrogen) atoms. The Kier molecular flexibility index (Phi) is 6.60. The number of aromatic nitrogens is 2. The number of fused-ring (bicyclic) bond motifs is 1. The first kappa shape index (κ1) is 20.1. The maximum Gasteiger partial charge on any atom is 0.0923 e. The Balaban J connectivity index is 1.37. The Labute approximate surface area is 173 Å². The van der Waals surface area contributed by atoms with Gasteiger partial charge in [0.2, 0.25) is 0 Å². The number of ether oxygens (including phenoxy) is 1. The Hall–Kier alpha value is -2.21. The maximum absolute atomic E-state index is 5.58. The van der Waals surface area contributed by atoms with Crippen molar-refractivity contribution >= 4 is 10.9 Å². The Bertz CT molecular complexity index is 916. The molecule has 1 aliphatic heterocycles. The van der Waals surface area contributed by atoms with Gasteiger partial charge in [-0.15, -0.1) is 0 Å². The van der Waals surface area contributed by atoms with Crippen LogP contribution in [0.4, 0.5) is 0 Å². The minimum atomic E-state index is 0.384. The van der Waals surface area contributed by atoms with Gasteiger partial charge in [-0.3, -0.25) is 10.00 Å². The number of aryl methyl sites for hydroxylation is 2. The molecular weight excluding hydrogens is 360 g/mol. The molecule has 154 valence electrons. The van der Waals surface area contributed by atoms with Gasteiger partial charge in [-0.25, -0.2) is 0 Å². The average molecular weight is 393 g/mol. The predicted molar refractivity (Wildman–Crippen MR) is 118 cm³/mol. The molecule has 1 fully saturated rings. The molecule has 0 saturated carbocycles. The Morgan fingerprint density at radius 1 is 1.14 bits per heavy atom. The molecule has 3 aromatic rings. The zero-order valence-electron chi connectivity index (χ0n) is 17.5. The van der Waals surface area contributed by atoms with Crippen molar-refractivity contribution in [3.05, 3.63) is 65.4 Å². The largest absolute Gasteiger partial charge is 0.379 e. The molecule has 0 amide bonds. The molecule has 0 aliphatic carbocycles. The van der Waals surface area contributed by atoms with Crippen LogP contribution >= 0.6 is 0 Å². The third-order valence-corrected chi connectivity index (χ3v) is 5.94. The minimum absolute atomic E-state index is 0.384. The highest BCUT2D eigenvalue weighted by Gasteiger charge is 2.23. The molecule has 0 radical (unpaired) electrons. The molecule has 5 nitrogen and oxygen atoms in total. The summed E-state index contributed by atoms with van der Waals surface area (Å²) in [6, 6.07) is 18.1. The van der Waals surface area contributed by atoms with Crippen LogP contribution in [0.2, 0.25) is 0 Å². The SMILES string of the molecule is Cc1cccc([C@@H](CN[C@H](C)CCc2[nH]nc3ccccc23)N2CCOCC2)c1. The van der Waals surface area contributed by atoms with E-state index in [0.717, 1.165) is 51.2 Å². The lowest BCUT2D eigenvalue weighted by molar-refractivity contribution is 0.0157. The van der Waals surface area contributed by atoms with Crippen molar-refractivity contribution in [2.75, 3.05) is 32.8 Å². The number of H-pyrrole nitrogens is 1. The van der Waals surface area contributed by atoms with Crippen LogP contribution in [0.3, 0.4) is 0 Å². The van der Waals surface area contributed by atoms with Gasteiger partial charge in [0.15, 0.2) is 0 Å². The van der Waals surface area contributed by atoms with Crippen LogP contribution in [0.1, 0.15) is 36.2 Å². The van der Waals surface area contributed by atoms with Crippen LogP contribution in [-0.2, 0) is 11.2 Å². The van der Waals surface area contributed by atoms with Crippen LogP contribution in [0, 0.1) is 6.92 Å². The zero-order valence-corrected chi connectivity index (χ0v) is 17.5. The van der Waals surface area contributed by atoms with E-state index in [4.69, 9.17) is 4.74 Å². The number of benzene rings is 2. The van der Waals surface area contributed by atoms with E-state index in [1.807, 2.05) is 6.07 Å². The molecule has 2 heterocycles. The van der Waals surface area contributed by atoms with Crippen molar-refractivity contribution in [2.24, 2.45) is 0 Å². The summed E-state index contributed by atoms with van der Waals surface area (Å²) < 4.78 is 5.58. The van der Waals surface area contributed by atoms with Crippen molar-refractivity contribution < 1.29 is 4.74 Å². The number of rotatable bonds is 8. The standard InChI is InChI=1S/C24H32N4O/c1-18-6-5-7-20(16-18)24(28-12-14-29-15-13-28)17-25-19(2)10-11-23-21-8-3-4-9-22(21)26-27-23/h3-9,16,19,24-25H,10-15,17H2,1-2H3,(H,26,27)/t19-,24-/m1/s1. The van der Waals surface area contributed by atoms with E-state index in [2.05, 4.69) is 76.7 Å². The van der Waals surface area contributed by atoms with Gasteiger partial charge in [0.05, 0.1) is 18.7 Å². The van der Waals surface area contributed by atoms with Gasteiger partial charge in [0.1, 0.15) is 0 Å². The summed E-state index contributed by atoms with van der Waals surface area (Å²) in [5.74, 6) is 0. The monoisotopic (exact) mass is 392 g/mol. The second kappa shape index (κ2) is 9.53. The average Bonchev–Trinajstić information content (AvgIpc) is 3.16. The summed E-state index contributed by atoms with van der Waals surface area (Å²) in [7, 11) is 0. The number of hydrogen-bond donors (Lipinski definition) is 2. The molecule has 4 rings (SSSR count). The lowest BCUT2D eigenvalue weighted by atomic mass is 10.0. The van der Waals surface area contributed by atoms with E-state index < -0.39 is 0 Å². The van der Waals surface area contributed by atoms with Gasteiger partial charge in [0, 0.05) is 42.8 Å². The summed E-state index contributed by atoms with van der Waals surface area (Å²) in [5.41, 5.74) is 5.00. The molecule has 2 atom stereocenters. The van der Waals surface area contributed by atoms with Gasteiger partial charge in [-0.1, -0.05) is 48.0 Å². The summed E-state index contributed by atoms with van der Waals surface area (Å²) >= 11 is 0. The Morgan fingerprint density at radius 2 is 1.97 bits per heavy atom. The molecular formula is C24H32N4O. The van der Waals surface area contributed by atoms with E-state index in [0.29, 0.717) is 12.1 Å². The molecule has 1 aromatic heterocycles. The first-order valence-corrected chi connectivity index (χ1v) is 10.7. The number of aromatic amines is 1. The van der Waals surface area contributed by atoms with Gasteiger partial charge < -0.3 is 10.1 Å². The molecule has 0 bridgehead atoms. The van der Waals surface area contributed by atoms with Crippen molar-refractivity contribution in [2.45, 2.75) is 38.8 Å². The van der Waals surface area contributed by atoms with E-state index in [-0.39, 0.29) is 0 Å². The zero-order chi connectivity index (χ0) is 20.1. The van der Waals surface area contributed by atoms with Crippen molar-refractivity contribution in [1.82, 2.24) is 20.4 Å². The van der Waals surface area contributed by atoms with E-state index in [1.54, 1.807) is 0 Å². The highest BCUT2D eigenvalue weighted by atomic mass is 16.5. The quantitative estimate of drug-likeness (QED) is 0.611. The van der Waals surface area contributed by atoms with Crippen LogP contribution < -0.4 is 5.32 Å². The maximum atomic E-state index is 5.58. The van der Waals surface area contributed by atoms with Crippen LogP contribution in [0.25, 0.3) is 10.9 Å². The topological polar surface area (TPSA) is 53.2 Å². The molecule has 2 aromatic carbocycles.